The largest absolute Gasteiger partial charge is 0.444 e. The molecule has 0 heterocycles. The second-order valence-electron chi connectivity index (χ2n) is 7.55. The number of carbonyl (C=O) groups excluding carboxylic acids is 3. The van der Waals surface area contributed by atoms with Crippen molar-refractivity contribution >= 4 is 52.5 Å². The van der Waals surface area contributed by atoms with Gasteiger partial charge in [-0.3, -0.25) is 14.9 Å². The van der Waals surface area contributed by atoms with Gasteiger partial charge >= 0.3 is 6.09 Å². The monoisotopic (exact) mass is 451 g/mol. The van der Waals surface area contributed by atoms with Crippen molar-refractivity contribution in [2.24, 2.45) is 0 Å². The van der Waals surface area contributed by atoms with Crippen molar-refractivity contribution in [1.82, 2.24) is 4.90 Å². The van der Waals surface area contributed by atoms with Crippen LogP contribution in [0.4, 0.5) is 16.2 Å². The molecule has 0 aliphatic heterocycles. The van der Waals surface area contributed by atoms with Gasteiger partial charge in [-0.25, -0.2) is 4.79 Å². The van der Waals surface area contributed by atoms with Crippen LogP contribution in [-0.2, 0) is 9.53 Å². The quantitative estimate of drug-likeness (QED) is 0.665. The van der Waals surface area contributed by atoms with E-state index >= 15 is 0 Å². The Balaban J connectivity index is 1.99. The third-order valence-corrected chi connectivity index (χ3v) is 4.42. The number of anilines is 2. The summed E-state index contributed by atoms with van der Waals surface area (Å²) in [5.74, 6) is -0.778. The topological polar surface area (TPSA) is 87.7 Å². The number of hydrogen-bond donors (Lipinski definition) is 2. The fourth-order valence-electron chi connectivity index (χ4n) is 2.43. The Morgan fingerprint density at radius 1 is 0.967 bits per heavy atom. The molecule has 2 aromatic rings. The maximum atomic E-state index is 12.7. The van der Waals surface area contributed by atoms with Crippen molar-refractivity contribution in [2.45, 2.75) is 26.4 Å². The summed E-state index contributed by atoms with van der Waals surface area (Å²) in [6, 6.07) is 11.1. The van der Waals surface area contributed by atoms with Crippen LogP contribution in [0.25, 0.3) is 0 Å². The van der Waals surface area contributed by atoms with E-state index in [0.29, 0.717) is 27.0 Å². The predicted octanol–water partition coefficient (Wildman–Crippen LogP) is 5.05. The number of amides is 3. The van der Waals surface area contributed by atoms with Crippen LogP contribution in [-0.4, -0.2) is 42.0 Å². The van der Waals surface area contributed by atoms with E-state index in [2.05, 4.69) is 10.6 Å². The van der Waals surface area contributed by atoms with Gasteiger partial charge in [0.05, 0.1) is 16.6 Å². The zero-order valence-electron chi connectivity index (χ0n) is 17.1. The molecule has 0 spiro atoms. The molecule has 0 aliphatic rings. The number of nitrogens with zero attached hydrogens (tertiary/aromatic N) is 1. The Morgan fingerprint density at radius 3 is 2.27 bits per heavy atom. The first-order valence-electron chi connectivity index (χ1n) is 9.05. The lowest BCUT2D eigenvalue weighted by Gasteiger charge is -2.20. The minimum absolute atomic E-state index is 0.178. The molecule has 0 aromatic heterocycles. The molecule has 0 bridgehead atoms. The highest BCUT2D eigenvalue weighted by atomic mass is 35.5. The van der Waals surface area contributed by atoms with Gasteiger partial charge in [0.1, 0.15) is 5.60 Å². The summed E-state index contributed by atoms with van der Waals surface area (Å²) in [5.41, 5.74) is 0.551. The summed E-state index contributed by atoms with van der Waals surface area (Å²) >= 11 is 11.8. The van der Waals surface area contributed by atoms with Crippen molar-refractivity contribution in [3.05, 3.63) is 58.1 Å². The zero-order valence-corrected chi connectivity index (χ0v) is 18.6. The highest BCUT2D eigenvalue weighted by Crippen LogP contribution is 2.25. The van der Waals surface area contributed by atoms with E-state index in [0.717, 1.165) is 0 Å². The molecule has 0 saturated heterocycles. The van der Waals surface area contributed by atoms with Crippen molar-refractivity contribution in [3.8, 4) is 0 Å². The number of ether oxygens (including phenoxy) is 1. The number of nitrogens with one attached hydrogen (secondary N) is 2. The Bertz CT molecular complexity index is 958. The minimum Gasteiger partial charge on any atom is -0.444 e. The zero-order chi connectivity index (χ0) is 22.5. The number of rotatable bonds is 5. The summed E-state index contributed by atoms with van der Waals surface area (Å²) in [4.78, 5) is 38.1. The molecule has 0 radical (unpaired) electrons. The summed E-state index contributed by atoms with van der Waals surface area (Å²) in [5, 5.41) is 5.93. The SMILES string of the molecule is CN(CC(=O)Nc1ccc(Cl)c(Cl)c1)C(=O)c1cccc(NC(=O)OC(C)(C)C)c1. The van der Waals surface area contributed by atoms with Gasteiger partial charge in [0.25, 0.3) is 5.91 Å². The van der Waals surface area contributed by atoms with Gasteiger partial charge in [-0.2, -0.15) is 0 Å². The Labute approximate surface area is 185 Å². The van der Waals surface area contributed by atoms with Crippen LogP contribution in [0.3, 0.4) is 0 Å². The van der Waals surface area contributed by atoms with E-state index in [-0.39, 0.29) is 12.5 Å². The van der Waals surface area contributed by atoms with Crippen LogP contribution >= 0.6 is 23.2 Å². The number of benzene rings is 2. The molecule has 9 heteroatoms. The van der Waals surface area contributed by atoms with Crippen LogP contribution in [0, 0.1) is 0 Å². The maximum absolute atomic E-state index is 12.7. The van der Waals surface area contributed by atoms with Gasteiger partial charge in [0.2, 0.25) is 5.91 Å². The second kappa shape index (κ2) is 9.82. The van der Waals surface area contributed by atoms with Crippen LogP contribution in [0.5, 0.6) is 0 Å². The lowest BCUT2D eigenvalue weighted by molar-refractivity contribution is -0.116. The van der Waals surface area contributed by atoms with Crippen molar-refractivity contribution < 1.29 is 19.1 Å². The first kappa shape index (κ1) is 23.5. The second-order valence-corrected chi connectivity index (χ2v) is 8.36. The third-order valence-electron chi connectivity index (χ3n) is 3.69. The summed E-state index contributed by atoms with van der Waals surface area (Å²) in [7, 11) is 1.50. The van der Waals surface area contributed by atoms with Gasteiger partial charge in [-0.05, 0) is 57.2 Å². The molecular formula is C21H23Cl2N3O4. The van der Waals surface area contributed by atoms with Crippen molar-refractivity contribution in [1.29, 1.82) is 0 Å². The highest BCUT2D eigenvalue weighted by molar-refractivity contribution is 6.42. The van der Waals surface area contributed by atoms with Gasteiger partial charge in [0, 0.05) is 24.0 Å². The normalized spacial score (nSPS) is 10.9. The highest BCUT2D eigenvalue weighted by Gasteiger charge is 2.18. The summed E-state index contributed by atoms with van der Waals surface area (Å²) in [6.07, 6.45) is -0.624. The molecule has 160 valence electrons. The van der Waals surface area contributed by atoms with Crippen molar-refractivity contribution in [3.63, 3.8) is 0 Å². The molecule has 7 nitrogen and oxygen atoms in total. The Kier molecular flexibility index (Phi) is 7.70. The molecule has 0 aliphatic carbocycles. The van der Waals surface area contributed by atoms with Crippen LogP contribution < -0.4 is 10.6 Å². The first-order chi connectivity index (χ1) is 13.9. The average molecular weight is 452 g/mol. The molecule has 0 fully saturated rings. The van der Waals surface area contributed by atoms with E-state index < -0.39 is 17.6 Å². The van der Waals surface area contributed by atoms with E-state index in [4.69, 9.17) is 27.9 Å². The van der Waals surface area contributed by atoms with E-state index in [9.17, 15) is 14.4 Å². The molecule has 3 amide bonds. The van der Waals surface area contributed by atoms with Crippen molar-refractivity contribution in [2.75, 3.05) is 24.2 Å². The molecule has 0 unspecified atom stereocenters. The number of likely N-dealkylation sites (N-methyl/N-ethyl adjacent to an activating group) is 1. The standard InChI is InChI=1S/C21H23Cl2N3O4/c1-21(2,3)30-20(29)25-14-7-5-6-13(10-14)19(28)26(4)12-18(27)24-15-8-9-16(22)17(23)11-15/h5-11H,12H2,1-4H3,(H,24,27)(H,25,29). The molecule has 2 N–H and O–H groups in total. The molecule has 2 rings (SSSR count). The van der Waals surface area contributed by atoms with Crippen LogP contribution in [0.2, 0.25) is 10.0 Å². The molecular weight excluding hydrogens is 429 g/mol. The van der Waals surface area contributed by atoms with Gasteiger partial charge in [-0.15, -0.1) is 0 Å². The average Bonchev–Trinajstić information content (AvgIpc) is 2.62. The van der Waals surface area contributed by atoms with Gasteiger partial charge < -0.3 is 15.0 Å². The first-order valence-corrected chi connectivity index (χ1v) is 9.80. The number of carbonyl (C=O) groups is 3. The number of hydrogen-bond acceptors (Lipinski definition) is 4. The van der Waals surface area contributed by atoms with Crippen LogP contribution in [0.15, 0.2) is 42.5 Å². The maximum Gasteiger partial charge on any atom is 0.412 e. The third kappa shape index (κ3) is 7.24. The fourth-order valence-corrected chi connectivity index (χ4v) is 2.73. The lowest BCUT2D eigenvalue weighted by Crippen LogP contribution is -2.35. The van der Waals surface area contributed by atoms with Gasteiger partial charge in [0.15, 0.2) is 0 Å². The van der Waals surface area contributed by atoms with Gasteiger partial charge in [-0.1, -0.05) is 29.3 Å². The van der Waals surface area contributed by atoms with Crippen LogP contribution in [0.1, 0.15) is 31.1 Å². The smallest absolute Gasteiger partial charge is 0.412 e. The van der Waals surface area contributed by atoms with E-state index in [1.54, 1.807) is 51.1 Å². The predicted molar refractivity (Wildman–Crippen MR) is 118 cm³/mol. The lowest BCUT2D eigenvalue weighted by atomic mass is 10.1. The fraction of sp³-hybridized carbons (Fsp3) is 0.286. The Hall–Kier alpha value is -2.77. The summed E-state index contributed by atoms with van der Waals surface area (Å²) < 4.78 is 5.20. The summed E-state index contributed by atoms with van der Waals surface area (Å²) in [6.45, 7) is 5.09. The Morgan fingerprint density at radius 2 is 1.63 bits per heavy atom. The van der Waals surface area contributed by atoms with E-state index in [1.165, 1.54) is 24.1 Å². The molecule has 0 saturated carbocycles. The number of halogens is 2. The molecule has 30 heavy (non-hydrogen) atoms. The molecule has 2 aromatic carbocycles. The minimum atomic E-state index is -0.639. The van der Waals surface area contributed by atoms with E-state index in [1.807, 2.05) is 0 Å². The molecule has 0 atom stereocenters.